The van der Waals surface area contributed by atoms with Crippen molar-refractivity contribution in [1.29, 1.82) is 0 Å². The maximum Gasteiger partial charge on any atom is 0.123 e. The number of rotatable bonds is 4. The number of hydrogen-bond acceptors (Lipinski definition) is 2. The highest BCUT2D eigenvalue weighted by molar-refractivity contribution is 5.36. The molecule has 0 spiro atoms. The molecule has 1 aliphatic rings. The van der Waals surface area contributed by atoms with Crippen LogP contribution in [-0.4, -0.2) is 12.6 Å². The molecule has 0 unspecified atom stereocenters. The van der Waals surface area contributed by atoms with Gasteiger partial charge in [0, 0.05) is 17.6 Å². The number of benzene rings is 1. The standard InChI is InChI=1S/C15H23NO/c1-12-6-7-14(17-3)13(10-12)11-16-15(2)8-4-5-9-15/h6-7,10,16H,4-5,8-9,11H2,1-3H3. The summed E-state index contributed by atoms with van der Waals surface area (Å²) in [5.41, 5.74) is 2.88. The third-order valence-electron chi connectivity index (χ3n) is 3.85. The molecule has 0 heterocycles. The summed E-state index contributed by atoms with van der Waals surface area (Å²) in [6, 6.07) is 6.37. The SMILES string of the molecule is COc1ccc(C)cc1CNC1(C)CCCC1. The maximum atomic E-state index is 5.41. The van der Waals surface area contributed by atoms with E-state index in [0.29, 0.717) is 5.54 Å². The summed E-state index contributed by atoms with van der Waals surface area (Å²) in [6.45, 7) is 5.36. The first-order chi connectivity index (χ1) is 8.13. The van der Waals surface area contributed by atoms with E-state index in [4.69, 9.17) is 4.74 Å². The van der Waals surface area contributed by atoms with Gasteiger partial charge < -0.3 is 10.1 Å². The van der Waals surface area contributed by atoms with Crippen molar-refractivity contribution < 1.29 is 4.74 Å². The lowest BCUT2D eigenvalue weighted by Crippen LogP contribution is -2.38. The Kier molecular flexibility index (Phi) is 3.72. The summed E-state index contributed by atoms with van der Waals surface area (Å²) < 4.78 is 5.41. The number of ether oxygens (including phenoxy) is 1. The van der Waals surface area contributed by atoms with Crippen LogP contribution in [0.3, 0.4) is 0 Å². The topological polar surface area (TPSA) is 21.3 Å². The van der Waals surface area contributed by atoms with Crippen molar-refractivity contribution in [1.82, 2.24) is 5.32 Å². The third kappa shape index (κ3) is 3.01. The lowest BCUT2D eigenvalue weighted by atomic mass is 10.00. The zero-order chi connectivity index (χ0) is 12.3. The van der Waals surface area contributed by atoms with Crippen LogP contribution in [0.15, 0.2) is 18.2 Å². The molecule has 0 bridgehead atoms. The highest BCUT2D eigenvalue weighted by atomic mass is 16.5. The van der Waals surface area contributed by atoms with Crippen LogP contribution in [0, 0.1) is 6.92 Å². The van der Waals surface area contributed by atoms with E-state index in [1.807, 2.05) is 0 Å². The maximum absolute atomic E-state index is 5.41. The predicted molar refractivity (Wildman–Crippen MR) is 71.4 cm³/mol. The van der Waals surface area contributed by atoms with Crippen LogP contribution in [0.2, 0.25) is 0 Å². The summed E-state index contributed by atoms with van der Waals surface area (Å²) in [5.74, 6) is 0.990. The molecule has 0 saturated heterocycles. The van der Waals surface area contributed by atoms with E-state index in [1.54, 1.807) is 7.11 Å². The minimum Gasteiger partial charge on any atom is -0.496 e. The van der Waals surface area contributed by atoms with Gasteiger partial charge in [0.25, 0.3) is 0 Å². The average Bonchev–Trinajstić information content (AvgIpc) is 2.74. The zero-order valence-electron chi connectivity index (χ0n) is 11.2. The van der Waals surface area contributed by atoms with Crippen LogP contribution in [0.25, 0.3) is 0 Å². The fourth-order valence-corrected chi connectivity index (χ4v) is 2.69. The Bertz CT molecular complexity index is 381. The summed E-state index contributed by atoms with van der Waals surface area (Å²) >= 11 is 0. The van der Waals surface area contributed by atoms with Crippen LogP contribution >= 0.6 is 0 Å². The van der Waals surface area contributed by atoms with Gasteiger partial charge in [-0.25, -0.2) is 0 Å². The molecule has 0 radical (unpaired) electrons. The van der Waals surface area contributed by atoms with Crippen molar-refractivity contribution >= 4 is 0 Å². The Labute approximate surface area is 104 Å². The highest BCUT2D eigenvalue weighted by Crippen LogP contribution is 2.30. The molecule has 94 valence electrons. The normalized spacial score (nSPS) is 18.3. The minimum absolute atomic E-state index is 0.328. The first-order valence-corrected chi connectivity index (χ1v) is 6.51. The van der Waals surface area contributed by atoms with E-state index < -0.39 is 0 Å². The smallest absolute Gasteiger partial charge is 0.123 e. The molecular formula is C15H23NO. The van der Waals surface area contributed by atoms with Gasteiger partial charge in [0.05, 0.1) is 7.11 Å². The molecule has 0 aliphatic heterocycles. The van der Waals surface area contributed by atoms with Gasteiger partial charge in [-0.15, -0.1) is 0 Å². The highest BCUT2D eigenvalue weighted by Gasteiger charge is 2.27. The predicted octanol–water partition coefficient (Wildman–Crippen LogP) is 3.43. The van der Waals surface area contributed by atoms with Gasteiger partial charge in [-0.1, -0.05) is 30.5 Å². The molecule has 1 saturated carbocycles. The van der Waals surface area contributed by atoms with Crippen molar-refractivity contribution in [2.45, 2.75) is 51.6 Å². The number of aryl methyl sites for hydroxylation is 1. The summed E-state index contributed by atoms with van der Waals surface area (Å²) in [7, 11) is 1.74. The van der Waals surface area contributed by atoms with Crippen LogP contribution < -0.4 is 10.1 Å². The third-order valence-corrected chi connectivity index (χ3v) is 3.85. The van der Waals surface area contributed by atoms with Crippen LogP contribution in [0.1, 0.15) is 43.7 Å². The Hall–Kier alpha value is -1.02. The molecule has 1 aromatic carbocycles. The van der Waals surface area contributed by atoms with E-state index in [-0.39, 0.29) is 0 Å². The molecule has 0 aromatic heterocycles. The first-order valence-electron chi connectivity index (χ1n) is 6.51. The number of nitrogens with one attached hydrogen (secondary N) is 1. The van der Waals surface area contributed by atoms with Crippen LogP contribution in [-0.2, 0) is 6.54 Å². The Morgan fingerprint density at radius 2 is 2.00 bits per heavy atom. The lowest BCUT2D eigenvalue weighted by Gasteiger charge is -2.26. The second kappa shape index (κ2) is 5.09. The van der Waals surface area contributed by atoms with Gasteiger partial charge in [0.15, 0.2) is 0 Å². The van der Waals surface area contributed by atoms with Gasteiger partial charge >= 0.3 is 0 Å². The summed E-state index contributed by atoms with van der Waals surface area (Å²) in [5, 5.41) is 3.70. The Balaban J connectivity index is 2.05. The lowest BCUT2D eigenvalue weighted by molar-refractivity contribution is 0.354. The van der Waals surface area contributed by atoms with Gasteiger partial charge in [0.1, 0.15) is 5.75 Å². The molecule has 0 amide bonds. The van der Waals surface area contributed by atoms with Gasteiger partial charge in [-0.05, 0) is 32.8 Å². The van der Waals surface area contributed by atoms with Gasteiger partial charge in [-0.3, -0.25) is 0 Å². The van der Waals surface area contributed by atoms with Crippen molar-refractivity contribution in [3.8, 4) is 5.75 Å². The van der Waals surface area contributed by atoms with Gasteiger partial charge in [-0.2, -0.15) is 0 Å². The molecule has 1 fully saturated rings. The fraction of sp³-hybridized carbons (Fsp3) is 0.600. The Morgan fingerprint density at radius 1 is 1.29 bits per heavy atom. The second-order valence-corrected chi connectivity index (χ2v) is 5.44. The molecule has 1 N–H and O–H groups in total. The quantitative estimate of drug-likeness (QED) is 0.860. The van der Waals surface area contributed by atoms with Crippen LogP contribution in [0.5, 0.6) is 5.75 Å². The largest absolute Gasteiger partial charge is 0.496 e. The van der Waals surface area contributed by atoms with E-state index >= 15 is 0 Å². The van der Waals surface area contributed by atoms with Crippen LogP contribution in [0.4, 0.5) is 0 Å². The minimum atomic E-state index is 0.328. The average molecular weight is 233 g/mol. The van der Waals surface area contributed by atoms with E-state index in [2.05, 4.69) is 37.4 Å². The molecule has 17 heavy (non-hydrogen) atoms. The zero-order valence-corrected chi connectivity index (χ0v) is 11.2. The summed E-state index contributed by atoms with van der Waals surface area (Å²) in [6.07, 6.45) is 5.30. The van der Waals surface area contributed by atoms with Crippen molar-refractivity contribution in [3.05, 3.63) is 29.3 Å². The van der Waals surface area contributed by atoms with Crippen molar-refractivity contribution in [3.63, 3.8) is 0 Å². The molecule has 2 heteroatoms. The molecule has 2 nitrogen and oxygen atoms in total. The first kappa shape index (κ1) is 12.4. The fourth-order valence-electron chi connectivity index (χ4n) is 2.69. The Morgan fingerprint density at radius 3 is 2.65 bits per heavy atom. The molecular weight excluding hydrogens is 210 g/mol. The second-order valence-electron chi connectivity index (χ2n) is 5.44. The van der Waals surface area contributed by atoms with E-state index in [9.17, 15) is 0 Å². The molecule has 1 aliphatic carbocycles. The van der Waals surface area contributed by atoms with Crippen molar-refractivity contribution in [2.75, 3.05) is 7.11 Å². The monoisotopic (exact) mass is 233 g/mol. The molecule has 0 atom stereocenters. The van der Waals surface area contributed by atoms with E-state index in [0.717, 1.165) is 12.3 Å². The number of methoxy groups -OCH3 is 1. The van der Waals surface area contributed by atoms with Crippen molar-refractivity contribution in [2.24, 2.45) is 0 Å². The van der Waals surface area contributed by atoms with E-state index in [1.165, 1.54) is 36.8 Å². The van der Waals surface area contributed by atoms with Gasteiger partial charge in [0.2, 0.25) is 0 Å². The number of hydrogen-bond donors (Lipinski definition) is 1. The molecule has 2 rings (SSSR count). The summed E-state index contributed by atoms with van der Waals surface area (Å²) in [4.78, 5) is 0. The molecule has 1 aromatic rings.